The van der Waals surface area contributed by atoms with Crippen molar-refractivity contribution in [2.75, 3.05) is 6.54 Å². The van der Waals surface area contributed by atoms with Crippen molar-refractivity contribution in [3.8, 4) is 10.8 Å². The average Bonchev–Trinajstić information content (AvgIpc) is 2.84. The molecule has 0 radical (unpaired) electrons. The summed E-state index contributed by atoms with van der Waals surface area (Å²) in [5.74, 6) is 0.701. The molecule has 1 N–H and O–H groups in total. The van der Waals surface area contributed by atoms with Crippen LogP contribution < -0.4 is 5.32 Å². The summed E-state index contributed by atoms with van der Waals surface area (Å²) < 4.78 is 6.59. The molecule has 0 aromatic carbocycles. The minimum absolute atomic E-state index is 0.701. The first kappa shape index (κ1) is 11.8. The van der Waals surface area contributed by atoms with Crippen LogP contribution in [0.2, 0.25) is 0 Å². The minimum Gasteiger partial charge on any atom is -0.444 e. The van der Waals surface area contributed by atoms with E-state index in [1.165, 1.54) is 5.56 Å². The zero-order valence-corrected chi connectivity index (χ0v) is 11.6. The van der Waals surface area contributed by atoms with Crippen LogP contribution in [-0.2, 0) is 6.54 Å². The lowest BCUT2D eigenvalue weighted by Crippen LogP contribution is -2.11. The Labute approximate surface area is 107 Å². The lowest BCUT2D eigenvalue weighted by atomic mass is 10.3. The Kier molecular flexibility index (Phi) is 3.78. The summed E-state index contributed by atoms with van der Waals surface area (Å²) >= 11 is 5.14. The lowest BCUT2D eigenvalue weighted by molar-refractivity contribution is 0.572. The number of nitrogens with one attached hydrogen (secondary N) is 1. The van der Waals surface area contributed by atoms with E-state index in [9.17, 15) is 0 Å². The fraction of sp³-hybridized carbons (Fsp3) is 0.364. The number of hydrogen-bond donors (Lipinski definition) is 1. The topological polar surface area (TPSA) is 38.1 Å². The summed E-state index contributed by atoms with van der Waals surface area (Å²) in [6.07, 6.45) is 1.71. The van der Waals surface area contributed by atoms with Crippen LogP contribution in [0.3, 0.4) is 0 Å². The maximum absolute atomic E-state index is 5.45. The van der Waals surface area contributed by atoms with Crippen molar-refractivity contribution in [3.05, 3.63) is 27.4 Å². The molecular formula is C11H13BrN2OS. The summed E-state index contributed by atoms with van der Waals surface area (Å²) in [6.45, 7) is 5.82. The van der Waals surface area contributed by atoms with Gasteiger partial charge in [-0.05, 0) is 41.0 Å². The van der Waals surface area contributed by atoms with Crippen LogP contribution >= 0.6 is 27.3 Å². The first-order valence-corrected chi connectivity index (χ1v) is 6.73. The third-order valence-corrected chi connectivity index (χ3v) is 4.30. The first-order valence-electron chi connectivity index (χ1n) is 5.12. The highest BCUT2D eigenvalue weighted by molar-refractivity contribution is 9.11. The average molecular weight is 301 g/mol. The number of oxazole rings is 1. The zero-order chi connectivity index (χ0) is 11.5. The van der Waals surface area contributed by atoms with Crippen LogP contribution in [0, 0.1) is 6.92 Å². The molecule has 16 heavy (non-hydrogen) atoms. The van der Waals surface area contributed by atoms with E-state index in [-0.39, 0.29) is 0 Å². The van der Waals surface area contributed by atoms with Gasteiger partial charge in [0.1, 0.15) is 6.26 Å². The zero-order valence-electron chi connectivity index (χ0n) is 9.21. The molecule has 0 fully saturated rings. The summed E-state index contributed by atoms with van der Waals surface area (Å²) in [5.41, 5.74) is 2.16. The van der Waals surface area contributed by atoms with Gasteiger partial charge in [0.2, 0.25) is 5.89 Å². The molecule has 0 saturated heterocycles. The van der Waals surface area contributed by atoms with Gasteiger partial charge in [-0.1, -0.05) is 6.92 Å². The van der Waals surface area contributed by atoms with Crippen LogP contribution in [-0.4, -0.2) is 11.5 Å². The minimum atomic E-state index is 0.701. The van der Waals surface area contributed by atoms with Gasteiger partial charge in [-0.3, -0.25) is 0 Å². The fourth-order valence-corrected chi connectivity index (χ4v) is 2.79. The number of hydrogen-bond acceptors (Lipinski definition) is 4. The smallest absolute Gasteiger partial charge is 0.236 e. The Balaban J connectivity index is 2.18. The van der Waals surface area contributed by atoms with Gasteiger partial charge in [0.05, 0.1) is 14.4 Å². The number of rotatable bonds is 4. The quantitative estimate of drug-likeness (QED) is 0.938. The molecule has 86 valence electrons. The molecule has 2 rings (SSSR count). The predicted octanol–water partition coefficient (Wildman–Crippen LogP) is 3.58. The van der Waals surface area contributed by atoms with Crippen molar-refractivity contribution >= 4 is 27.3 Å². The molecule has 0 aliphatic rings. The van der Waals surface area contributed by atoms with Crippen molar-refractivity contribution < 1.29 is 4.42 Å². The second-order valence-electron chi connectivity index (χ2n) is 3.49. The number of halogens is 1. The highest BCUT2D eigenvalue weighted by Crippen LogP contribution is 2.34. The van der Waals surface area contributed by atoms with Crippen molar-refractivity contribution in [1.29, 1.82) is 0 Å². The third kappa shape index (κ3) is 2.53. The van der Waals surface area contributed by atoms with Gasteiger partial charge in [0, 0.05) is 6.54 Å². The Hall–Kier alpha value is -0.650. The van der Waals surface area contributed by atoms with Gasteiger partial charge in [0.15, 0.2) is 0 Å². The Morgan fingerprint density at radius 3 is 3.00 bits per heavy atom. The van der Waals surface area contributed by atoms with Crippen molar-refractivity contribution in [3.63, 3.8) is 0 Å². The third-order valence-electron chi connectivity index (χ3n) is 2.18. The molecule has 0 unspecified atom stereocenters. The van der Waals surface area contributed by atoms with E-state index in [4.69, 9.17) is 4.42 Å². The standard InChI is InChI=1S/C11H13BrN2OS/c1-3-13-5-8-6-15-11(14-8)9-4-7(2)10(12)16-9/h4,6,13H,3,5H2,1-2H3. The molecule has 2 heterocycles. The Morgan fingerprint density at radius 2 is 2.38 bits per heavy atom. The van der Waals surface area contributed by atoms with Crippen LogP contribution in [0.25, 0.3) is 10.8 Å². The van der Waals surface area contributed by atoms with E-state index < -0.39 is 0 Å². The van der Waals surface area contributed by atoms with Crippen molar-refractivity contribution in [2.45, 2.75) is 20.4 Å². The van der Waals surface area contributed by atoms with Gasteiger partial charge in [-0.15, -0.1) is 11.3 Å². The van der Waals surface area contributed by atoms with Gasteiger partial charge < -0.3 is 9.73 Å². The molecule has 0 bridgehead atoms. The summed E-state index contributed by atoms with van der Waals surface area (Å²) in [7, 11) is 0. The van der Waals surface area contributed by atoms with Crippen LogP contribution in [0.1, 0.15) is 18.2 Å². The molecule has 0 saturated carbocycles. The largest absolute Gasteiger partial charge is 0.444 e. The van der Waals surface area contributed by atoms with E-state index in [0.717, 1.165) is 27.4 Å². The lowest BCUT2D eigenvalue weighted by Gasteiger charge is -1.93. The summed E-state index contributed by atoms with van der Waals surface area (Å²) in [5, 5.41) is 3.22. The molecule has 0 atom stereocenters. The number of aromatic nitrogens is 1. The van der Waals surface area contributed by atoms with Gasteiger partial charge in [-0.25, -0.2) is 4.98 Å². The second kappa shape index (κ2) is 5.12. The van der Waals surface area contributed by atoms with Gasteiger partial charge >= 0.3 is 0 Å². The molecule has 0 spiro atoms. The fourth-order valence-electron chi connectivity index (χ4n) is 1.32. The van der Waals surface area contributed by atoms with E-state index in [1.807, 2.05) is 0 Å². The highest BCUT2D eigenvalue weighted by atomic mass is 79.9. The molecule has 0 aliphatic heterocycles. The summed E-state index contributed by atoms with van der Waals surface area (Å²) in [6, 6.07) is 2.08. The number of aryl methyl sites for hydroxylation is 1. The van der Waals surface area contributed by atoms with Crippen LogP contribution in [0.5, 0.6) is 0 Å². The van der Waals surface area contributed by atoms with E-state index >= 15 is 0 Å². The van der Waals surface area contributed by atoms with Crippen molar-refractivity contribution in [1.82, 2.24) is 10.3 Å². The Morgan fingerprint density at radius 1 is 1.56 bits per heavy atom. The second-order valence-corrected chi connectivity index (χ2v) is 5.86. The Bertz CT molecular complexity index is 459. The monoisotopic (exact) mass is 300 g/mol. The predicted molar refractivity (Wildman–Crippen MR) is 69.6 cm³/mol. The van der Waals surface area contributed by atoms with E-state index in [0.29, 0.717) is 5.89 Å². The van der Waals surface area contributed by atoms with Gasteiger partial charge in [-0.2, -0.15) is 0 Å². The SMILES string of the molecule is CCNCc1coc(-c2cc(C)c(Br)s2)n1. The molecule has 0 aliphatic carbocycles. The number of nitrogens with zero attached hydrogens (tertiary/aromatic N) is 1. The molecule has 0 amide bonds. The molecule has 2 aromatic heterocycles. The van der Waals surface area contributed by atoms with E-state index in [1.54, 1.807) is 17.6 Å². The molecule has 2 aromatic rings. The van der Waals surface area contributed by atoms with Crippen LogP contribution in [0.4, 0.5) is 0 Å². The van der Waals surface area contributed by atoms with Crippen molar-refractivity contribution in [2.24, 2.45) is 0 Å². The summed E-state index contributed by atoms with van der Waals surface area (Å²) in [4.78, 5) is 5.50. The maximum Gasteiger partial charge on any atom is 0.236 e. The molecule has 3 nitrogen and oxygen atoms in total. The maximum atomic E-state index is 5.45. The van der Waals surface area contributed by atoms with Crippen LogP contribution in [0.15, 0.2) is 20.5 Å². The van der Waals surface area contributed by atoms with Gasteiger partial charge in [0.25, 0.3) is 0 Å². The molecule has 5 heteroatoms. The van der Waals surface area contributed by atoms with E-state index in [2.05, 4.69) is 46.1 Å². The highest BCUT2D eigenvalue weighted by Gasteiger charge is 2.10. The molecular weight excluding hydrogens is 288 g/mol. The number of thiophene rings is 1. The normalized spacial score (nSPS) is 10.9. The first-order chi connectivity index (χ1) is 7.70.